The van der Waals surface area contributed by atoms with Crippen molar-refractivity contribution in [2.45, 2.75) is 26.5 Å². The van der Waals surface area contributed by atoms with E-state index in [2.05, 4.69) is 27.1 Å². The van der Waals surface area contributed by atoms with Gasteiger partial charge in [-0.3, -0.25) is 4.68 Å². The molecule has 0 aliphatic rings. The first kappa shape index (κ1) is 16.0. The van der Waals surface area contributed by atoms with Crippen molar-refractivity contribution in [1.82, 2.24) is 9.78 Å². The van der Waals surface area contributed by atoms with Crippen LogP contribution in [0.5, 0.6) is 5.75 Å². The van der Waals surface area contributed by atoms with Crippen LogP contribution in [0.4, 0.5) is 0 Å². The fourth-order valence-corrected chi connectivity index (χ4v) is 2.84. The Morgan fingerprint density at radius 1 is 1.17 bits per heavy atom. The van der Waals surface area contributed by atoms with Crippen LogP contribution in [0.25, 0.3) is 10.8 Å². The number of nitrogens with zero attached hydrogens (tertiary/aromatic N) is 2. The molecule has 0 spiro atoms. The van der Waals surface area contributed by atoms with Gasteiger partial charge in [0.15, 0.2) is 0 Å². The molecule has 120 valence electrons. The van der Waals surface area contributed by atoms with Crippen molar-refractivity contribution in [1.29, 1.82) is 0 Å². The molecule has 0 fully saturated rings. The van der Waals surface area contributed by atoms with Gasteiger partial charge in [0.05, 0.1) is 16.7 Å². The number of aromatic nitrogens is 2. The molecular weight excluding hydrogens is 356 g/mol. The molecule has 5 heteroatoms. The molecule has 23 heavy (non-hydrogen) atoms. The summed E-state index contributed by atoms with van der Waals surface area (Å²) in [6.07, 6.45) is -0.619. The van der Waals surface area contributed by atoms with Gasteiger partial charge in [-0.2, -0.15) is 5.10 Å². The first-order valence-electron chi connectivity index (χ1n) is 7.54. The number of halogens is 1. The highest BCUT2D eigenvalue weighted by Gasteiger charge is 2.13. The lowest BCUT2D eigenvalue weighted by molar-refractivity contribution is 0.0887. The van der Waals surface area contributed by atoms with E-state index in [4.69, 9.17) is 4.74 Å². The molecule has 4 nitrogen and oxygen atoms in total. The molecule has 1 N–H and O–H groups in total. The predicted molar refractivity (Wildman–Crippen MR) is 94.9 cm³/mol. The number of ether oxygens (including phenoxy) is 1. The van der Waals surface area contributed by atoms with Gasteiger partial charge in [-0.1, -0.05) is 30.3 Å². The van der Waals surface area contributed by atoms with Gasteiger partial charge in [0.25, 0.3) is 0 Å². The Morgan fingerprint density at radius 3 is 2.61 bits per heavy atom. The van der Waals surface area contributed by atoms with Crippen LogP contribution in [-0.4, -0.2) is 27.6 Å². The summed E-state index contributed by atoms with van der Waals surface area (Å²) in [5.74, 6) is 0.761. The van der Waals surface area contributed by atoms with Crippen molar-refractivity contribution in [3.8, 4) is 5.75 Å². The third-order valence-corrected chi connectivity index (χ3v) is 4.99. The van der Waals surface area contributed by atoms with Gasteiger partial charge in [-0.05, 0) is 52.7 Å². The molecule has 0 aliphatic carbocycles. The van der Waals surface area contributed by atoms with Crippen LogP contribution in [0.3, 0.4) is 0 Å². The minimum atomic E-state index is -0.619. The Labute approximate surface area is 143 Å². The van der Waals surface area contributed by atoms with Crippen LogP contribution in [0, 0.1) is 13.8 Å². The van der Waals surface area contributed by atoms with Crippen molar-refractivity contribution >= 4 is 26.7 Å². The Kier molecular flexibility index (Phi) is 4.68. The van der Waals surface area contributed by atoms with E-state index >= 15 is 0 Å². The van der Waals surface area contributed by atoms with Crippen molar-refractivity contribution in [2.75, 3.05) is 6.61 Å². The standard InChI is InChI=1S/C18H19BrN2O2/c1-12-18(19)13(2)21(20-12)10-16(22)11-23-17-8-7-14-5-3-4-6-15(14)9-17/h3-9,16,22H,10-11H2,1-2H3/t16-/m1/s1. The Hall–Kier alpha value is -1.85. The molecule has 0 unspecified atom stereocenters. The smallest absolute Gasteiger partial charge is 0.120 e. The number of fused-ring (bicyclic) bond motifs is 1. The summed E-state index contributed by atoms with van der Waals surface area (Å²) in [7, 11) is 0. The van der Waals surface area contributed by atoms with Crippen molar-refractivity contribution in [3.63, 3.8) is 0 Å². The summed E-state index contributed by atoms with van der Waals surface area (Å²) in [5, 5.41) is 16.9. The van der Waals surface area contributed by atoms with E-state index in [9.17, 15) is 5.11 Å². The number of benzene rings is 2. The first-order chi connectivity index (χ1) is 11.0. The van der Waals surface area contributed by atoms with E-state index in [0.717, 1.165) is 27.0 Å². The molecule has 3 aromatic rings. The molecule has 1 aromatic heterocycles. The van der Waals surface area contributed by atoms with E-state index in [0.29, 0.717) is 6.54 Å². The minimum Gasteiger partial charge on any atom is -0.491 e. The van der Waals surface area contributed by atoms with E-state index in [1.165, 1.54) is 5.39 Å². The van der Waals surface area contributed by atoms with Crippen LogP contribution in [0.2, 0.25) is 0 Å². The molecule has 3 rings (SSSR count). The zero-order chi connectivity index (χ0) is 16.4. The third kappa shape index (κ3) is 3.57. The van der Waals surface area contributed by atoms with E-state index in [-0.39, 0.29) is 6.61 Å². The molecule has 0 saturated heterocycles. The van der Waals surface area contributed by atoms with Crippen LogP contribution in [-0.2, 0) is 6.54 Å². The average molecular weight is 375 g/mol. The van der Waals surface area contributed by atoms with Crippen LogP contribution in [0.1, 0.15) is 11.4 Å². The van der Waals surface area contributed by atoms with Gasteiger partial charge in [-0.15, -0.1) is 0 Å². The van der Waals surface area contributed by atoms with E-state index in [1.54, 1.807) is 4.68 Å². The molecular formula is C18H19BrN2O2. The zero-order valence-electron chi connectivity index (χ0n) is 13.2. The molecule has 0 saturated carbocycles. The number of aryl methyl sites for hydroxylation is 1. The summed E-state index contributed by atoms with van der Waals surface area (Å²) in [6, 6.07) is 14.1. The highest BCUT2D eigenvalue weighted by atomic mass is 79.9. The SMILES string of the molecule is Cc1nn(C[C@@H](O)COc2ccc3ccccc3c2)c(C)c1Br. The molecule has 0 amide bonds. The molecule has 0 bridgehead atoms. The summed E-state index contributed by atoms with van der Waals surface area (Å²) in [6.45, 7) is 4.55. The normalized spacial score (nSPS) is 12.5. The third-order valence-electron chi connectivity index (χ3n) is 3.84. The monoisotopic (exact) mass is 374 g/mol. The zero-order valence-corrected chi connectivity index (χ0v) is 14.7. The number of aliphatic hydroxyl groups is 1. The van der Waals surface area contributed by atoms with Gasteiger partial charge < -0.3 is 9.84 Å². The summed E-state index contributed by atoms with van der Waals surface area (Å²) in [4.78, 5) is 0. The number of hydrogen-bond acceptors (Lipinski definition) is 3. The van der Waals surface area contributed by atoms with Crippen LogP contribution < -0.4 is 4.74 Å². The number of hydrogen-bond donors (Lipinski definition) is 1. The maximum Gasteiger partial charge on any atom is 0.120 e. The predicted octanol–water partition coefficient (Wildman–Crippen LogP) is 3.86. The molecule has 0 aliphatic heterocycles. The Morgan fingerprint density at radius 2 is 1.91 bits per heavy atom. The maximum atomic E-state index is 10.2. The lowest BCUT2D eigenvalue weighted by Gasteiger charge is -2.14. The average Bonchev–Trinajstić information content (AvgIpc) is 2.80. The number of aliphatic hydroxyl groups excluding tert-OH is 1. The van der Waals surface area contributed by atoms with Crippen molar-refractivity contribution < 1.29 is 9.84 Å². The van der Waals surface area contributed by atoms with Gasteiger partial charge in [-0.25, -0.2) is 0 Å². The fourth-order valence-electron chi connectivity index (χ4n) is 2.55. The maximum absolute atomic E-state index is 10.2. The van der Waals surface area contributed by atoms with Gasteiger partial charge in [0.1, 0.15) is 18.5 Å². The lowest BCUT2D eigenvalue weighted by atomic mass is 10.1. The Bertz CT molecular complexity index is 829. The largest absolute Gasteiger partial charge is 0.491 e. The Balaban J connectivity index is 1.63. The topological polar surface area (TPSA) is 47.3 Å². The van der Waals surface area contributed by atoms with E-state index < -0.39 is 6.10 Å². The second kappa shape index (κ2) is 6.72. The minimum absolute atomic E-state index is 0.230. The van der Waals surface area contributed by atoms with Crippen LogP contribution in [0.15, 0.2) is 46.9 Å². The van der Waals surface area contributed by atoms with Crippen molar-refractivity contribution in [3.05, 3.63) is 58.3 Å². The number of rotatable bonds is 5. The molecule has 1 heterocycles. The highest BCUT2D eigenvalue weighted by Crippen LogP contribution is 2.22. The molecule has 0 radical (unpaired) electrons. The molecule has 2 aromatic carbocycles. The second-order valence-corrected chi connectivity index (χ2v) is 6.43. The van der Waals surface area contributed by atoms with E-state index in [1.807, 2.05) is 50.2 Å². The summed E-state index contributed by atoms with van der Waals surface area (Å²) < 4.78 is 8.51. The molecule has 1 atom stereocenters. The summed E-state index contributed by atoms with van der Waals surface area (Å²) >= 11 is 3.49. The second-order valence-electron chi connectivity index (χ2n) is 5.64. The summed E-state index contributed by atoms with van der Waals surface area (Å²) in [5.41, 5.74) is 1.93. The quantitative estimate of drug-likeness (QED) is 0.737. The highest BCUT2D eigenvalue weighted by molar-refractivity contribution is 9.10. The van der Waals surface area contributed by atoms with Crippen molar-refractivity contribution in [2.24, 2.45) is 0 Å². The van der Waals surface area contributed by atoms with Gasteiger partial charge in [0, 0.05) is 5.69 Å². The first-order valence-corrected chi connectivity index (χ1v) is 8.33. The van der Waals surface area contributed by atoms with Gasteiger partial charge >= 0.3 is 0 Å². The lowest BCUT2D eigenvalue weighted by Crippen LogP contribution is -2.24. The van der Waals surface area contributed by atoms with Gasteiger partial charge in [0.2, 0.25) is 0 Å². The van der Waals surface area contributed by atoms with Crippen LogP contribution >= 0.6 is 15.9 Å². The fraction of sp³-hybridized carbons (Fsp3) is 0.278.